The van der Waals surface area contributed by atoms with Crippen LogP contribution in [-0.2, 0) is 4.79 Å². The quantitative estimate of drug-likeness (QED) is 0.571. The van der Waals surface area contributed by atoms with Crippen LogP contribution in [0.3, 0.4) is 0 Å². The van der Waals surface area contributed by atoms with E-state index in [1.165, 1.54) is 0 Å². The van der Waals surface area contributed by atoms with Crippen LogP contribution in [0.15, 0.2) is 24.3 Å². The Bertz CT molecular complexity index is 723. The predicted molar refractivity (Wildman–Crippen MR) is 108 cm³/mol. The Morgan fingerprint density at radius 3 is 2.39 bits per heavy atom. The number of carboxylic acid groups (broad SMARTS) is 1. The number of carbonyl (C=O) groups excluding carboxylic acids is 2. The average Bonchev–Trinajstić information content (AvgIpc) is 2.54. The molecule has 0 atom stereocenters. The van der Waals surface area contributed by atoms with E-state index in [0.717, 1.165) is 0 Å². The summed E-state index contributed by atoms with van der Waals surface area (Å²) in [5.41, 5.74) is 0.463. The first-order valence-electron chi connectivity index (χ1n) is 9.54. The number of nitrogens with one attached hydrogen (secondary N) is 3. The monoisotopic (exact) mass is 390 g/mol. The maximum Gasteiger partial charge on any atom is 0.319 e. The fraction of sp³-hybridized carbons (Fsp3) is 0.550. The summed E-state index contributed by atoms with van der Waals surface area (Å²) in [4.78, 5) is 37.6. The van der Waals surface area contributed by atoms with E-state index in [9.17, 15) is 14.4 Å². The predicted octanol–water partition coefficient (Wildman–Crippen LogP) is 2.27. The number of urea groups is 1. The van der Waals surface area contributed by atoms with Crippen molar-refractivity contribution in [2.75, 3.05) is 18.4 Å². The molecule has 1 fully saturated rings. The first-order chi connectivity index (χ1) is 13.1. The van der Waals surface area contributed by atoms with Crippen molar-refractivity contribution >= 4 is 23.6 Å². The van der Waals surface area contributed by atoms with E-state index in [-0.39, 0.29) is 36.1 Å². The molecule has 0 heterocycles. The number of carbonyl (C=O) groups is 3. The Balaban J connectivity index is 1.90. The van der Waals surface area contributed by atoms with Gasteiger partial charge in [-0.1, -0.05) is 19.1 Å². The van der Waals surface area contributed by atoms with E-state index in [4.69, 9.17) is 5.11 Å². The zero-order valence-electron chi connectivity index (χ0n) is 16.9. The highest BCUT2D eigenvalue weighted by atomic mass is 16.4. The molecule has 4 N–H and O–H groups in total. The molecule has 2 rings (SSSR count). The highest BCUT2D eigenvalue weighted by Gasteiger charge is 2.34. The number of hydrogen-bond acceptors (Lipinski definition) is 4. The van der Waals surface area contributed by atoms with E-state index in [1.54, 1.807) is 24.3 Å². The number of nitrogens with zero attached hydrogens (tertiary/aromatic N) is 1. The molecule has 154 valence electrons. The molecule has 0 aromatic heterocycles. The lowest BCUT2D eigenvalue weighted by molar-refractivity contribution is -0.139. The van der Waals surface area contributed by atoms with Gasteiger partial charge in [0.05, 0.1) is 17.8 Å². The van der Waals surface area contributed by atoms with Crippen LogP contribution in [0, 0.1) is 0 Å². The molecular weight excluding hydrogens is 360 g/mol. The van der Waals surface area contributed by atoms with E-state index in [1.807, 2.05) is 32.6 Å². The molecule has 3 amide bonds. The van der Waals surface area contributed by atoms with Crippen molar-refractivity contribution in [1.29, 1.82) is 0 Å². The molecule has 1 aromatic rings. The van der Waals surface area contributed by atoms with E-state index in [2.05, 4.69) is 16.0 Å². The molecule has 0 saturated heterocycles. The first kappa shape index (κ1) is 21.7. The molecule has 0 spiro atoms. The summed E-state index contributed by atoms with van der Waals surface area (Å²) in [6.07, 6.45) is 1.42. The van der Waals surface area contributed by atoms with Gasteiger partial charge in [-0.15, -0.1) is 0 Å². The van der Waals surface area contributed by atoms with Gasteiger partial charge in [0, 0.05) is 17.6 Å². The lowest BCUT2D eigenvalue weighted by atomic mass is 9.85. The SMILES string of the molecule is CCN(CC(=O)O)C1CC(NC(=O)Nc2ccccc2C(=O)NC(C)(C)C)C1. The van der Waals surface area contributed by atoms with E-state index < -0.39 is 5.97 Å². The smallest absolute Gasteiger partial charge is 0.319 e. The zero-order valence-corrected chi connectivity index (χ0v) is 16.9. The molecular formula is C20H30N4O4. The summed E-state index contributed by atoms with van der Waals surface area (Å²) in [6.45, 7) is 8.28. The van der Waals surface area contributed by atoms with Crippen LogP contribution in [0.4, 0.5) is 10.5 Å². The second kappa shape index (κ2) is 9.05. The number of carboxylic acids is 1. The molecule has 0 aliphatic heterocycles. The molecule has 1 aromatic carbocycles. The van der Waals surface area contributed by atoms with Gasteiger partial charge in [-0.25, -0.2) is 4.79 Å². The molecule has 28 heavy (non-hydrogen) atoms. The third-order valence-corrected chi connectivity index (χ3v) is 4.62. The number of anilines is 1. The number of aliphatic carboxylic acids is 1. The van der Waals surface area contributed by atoms with Crippen molar-refractivity contribution in [3.05, 3.63) is 29.8 Å². The van der Waals surface area contributed by atoms with Gasteiger partial charge in [0.2, 0.25) is 0 Å². The summed E-state index contributed by atoms with van der Waals surface area (Å²) >= 11 is 0. The third-order valence-electron chi connectivity index (χ3n) is 4.62. The van der Waals surface area contributed by atoms with Crippen molar-refractivity contribution in [2.45, 2.75) is 58.2 Å². The summed E-state index contributed by atoms with van der Waals surface area (Å²) in [5.74, 6) is -1.10. The molecule has 1 aliphatic rings. The standard InChI is InChI=1S/C20H30N4O4/c1-5-24(12-17(25)26)14-10-13(11-14)21-19(28)22-16-9-7-6-8-15(16)18(27)23-20(2,3)4/h6-9,13-14H,5,10-12H2,1-4H3,(H,23,27)(H,25,26)(H2,21,22,28). The van der Waals surface area contributed by atoms with Crippen LogP contribution in [0.1, 0.15) is 50.9 Å². The Morgan fingerprint density at radius 1 is 1.18 bits per heavy atom. The maximum absolute atomic E-state index is 12.5. The van der Waals surface area contributed by atoms with Crippen molar-refractivity contribution in [3.8, 4) is 0 Å². The highest BCUT2D eigenvalue weighted by molar-refractivity contribution is 6.03. The Labute approximate surface area is 165 Å². The fourth-order valence-corrected chi connectivity index (χ4v) is 3.22. The number of para-hydroxylation sites is 1. The largest absolute Gasteiger partial charge is 0.480 e. The van der Waals surface area contributed by atoms with Gasteiger partial charge in [0.15, 0.2) is 0 Å². The minimum atomic E-state index is -0.846. The lowest BCUT2D eigenvalue weighted by Crippen LogP contribution is -2.55. The van der Waals surface area contributed by atoms with Crippen molar-refractivity contribution in [3.63, 3.8) is 0 Å². The topological polar surface area (TPSA) is 111 Å². The second-order valence-corrected chi connectivity index (χ2v) is 8.13. The van der Waals surface area contributed by atoms with Crippen molar-refractivity contribution in [2.24, 2.45) is 0 Å². The van der Waals surface area contributed by atoms with Crippen LogP contribution in [0.5, 0.6) is 0 Å². The number of amides is 3. The third kappa shape index (κ3) is 6.23. The zero-order chi connectivity index (χ0) is 20.9. The van der Waals surface area contributed by atoms with Crippen LogP contribution in [0.25, 0.3) is 0 Å². The Morgan fingerprint density at radius 2 is 1.82 bits per heavy atom. The molecule has 1 aliphatic carbocycles. The molecule has 8 nitrogen and oxygen atoms in total. The molecule has 1 saturated carbocycles. The van der Waals surface area contributed by atoms with Crippen LogP contribution >= 0.6 is 0 Å². The van der Waals surface area contributed by atoms with Crippen LogP contribution < -0.4 is 16.0 Å². The van der Waals surface area contributed by atoms with Gasteiger partial charge in [0.25, 0.3) is 5.91 Å². The Hall–Kier alpha value is -2.61. The normalized spacial score (nSPS) is 18.9. The first-order valence-corrected chi connectivity index (χ1v) is 9.54. The lowest BCUT2D eigenvalue weighted by Gasteiger charge is -2.42. The van der Waals surface area contributed by atoms with Gasteiger partial charge in [-0.3, -0.25) is 14.5 Å². The summed E-state index contributed by atoms with van der Waals surface area (Å²) in [5, 5.41) is 17.5. The Kier molecular flexibility index (Phi) is 7.01. The van der Waals surface area contributed by atoms with Crippen LogP contribution in [0.2, 0.25) is 0 Å². The minimum absolute atomic E-state index is 0.0103. The number of hydrogen-bond donors (Lipinski definition) is 4. The number of rotatable bonds is 7. The van der Waals surface area contributed by atoms with Gasteiger partial charge in [-0.05, 0) is 52.3 Å². The molecule has 8 heteroatoms. The summed E-state index contributed by atoms with van der Waals surface area (Å²) in [6, 6.07) is 6.64. The van der Waals surface area contributed by atoms with Crippen molar-refractivity contribution in [1.82, 2.24) is 15.5 Å². The second-order valence-electron chi connectivity index (χ2n) is 8.13. The van der Waals surface area contributed by atoms with Gasteiger partial charge < -0.3 is 21.1 Å². The number of benzene rings is 1. The maximum atomic E-state index is 12.5. The average molecular weight is 390 g/mol. The molecule has 0 bridgehead atoms. The summed E-state index contributed by atoms with van der Waals surface area (Å²) < 4.78 is 0. The van der Waals surface area contributed by atoms with E-state index in [0.29, 0.717) is 30.6 Å². The van der Waals surface area contributed by atoms with Crippen molar-refractivity contribution < 1.29 is 19.5 Å². The molecule has 0 unspecified atom stereocenters. The summed E-state index contributed by atoms with van der Waals surface area (Å²) in [7, 11) is 0. The minimum Gasteiger partial charge on any atom is -0.480 e. The van der Waals surface area contributed by atoms with Gasteiger partial charge in [-0.2, -0.15) is 0 Å². The number of likely N-dealkylation sites (N-methyl/N-ethyl adjacent to an activating group) is 1. The molecule has 0 radical (unpaired) electrons. The fourth-order valence-electron chi connectivity index (χ4n) is 3.22. The van der Waals surface area contributed by atoms with E-state index >= 15 is 0 Å². The highest BCUT2D eigenvalue weighted by Crippen LogP contribution is 2.26. The van der Waals surface area contributed by atoms with Gasteiger partial charge >= 0.3 is 12.0 Å². The van der Waals surface area contributed by atoms with Gasteiger partial charge in [0.1, 0.15) is 0 Å². The van der Waals surface area contributed by atoms with Crippen LogP contribution in [-0.4, -0.2) is 58.6 Å².